The lowest BCUT2D eigenvalue weighted by Crippen LogP contribution is -1.99. The van der Waals surface area contributed by atoms with Gasteiger partial charge >= 0.3 is 0 Å². The van der Waals surface area contributed by atoms with Crippen molar-refractivity contribution in [3.05, 3.63) is 66.9 Å². The molecule has 0 aliphatic heterocycles. The average molecular weight is 333 g/mol. The van der Waals surface area contributed by atoms with E-state index in [0.717, 1.165) is 33.7 Å². The van der Waals surface area contributed by atoms with Crippen LogP contribution in [0.25, 0.3) is 22.3 Å². The lowest BCUT2D eigenvalue weighted by atomic mass is 10.2. The number of rotatable bonds is 5. The summed E-state index contributed by atoms with van der Waals surface area (Å²) in [6.07, 6.45) is 6.69. The molecule has 0 amide bonds. The summed E-state index contributed by atoms with van der Waals surface area (Å²) in [5.41, 5.74) is 2.52. The summed E-state index contributed by atoms with van der Waals surface area (Å²) in [7, 11) is 1.56. The minimum Gasteiger partial charge on any atom is -0.487 e. The molecule has 6 nitrogen and oxygen atoms in total. The van der Waals surface area contributed by atoms with E-state index in [1.165, 1.54) is 0 Å². The molecule has 4 rings (SSSR count). The molecule has 0 aliphatic rings. The van der Waals surface area contributed by atoms with Crippen molar-refractivity contribution >= 4 is 11.0 Å². The third-order valence-corrected chi connectivity index (χ3v) is 3.73. The molecule has 0 radical (unpaired) electrons. The Balaban J connectivity index is 1.52. The van der Waals surface area contributed by atoms with Gasteiger partial charge in [0, 0.05) is 23.3 Å². The molecule has 1 aromatic carbocycles. The predicted molar refractivity (Wildman–Crippen MR) is 92.4 cm³/mol. The monoisotopic (exact) mass is 333 g/mol. The number of ether oxygens (including phenoxy) is 2. The van der Waals surface area contributed by atoms with E-state index in [-0.39, 0.29) is 0 Å². The highest BCUT2D eigenvalue weighted by Gasteiger charge is 2.07. The molecule has 0 unspecified atom stereocenters. The highest BCUT2D eigenvalue weighted by atomic mass is 16.5. The first-order valence-corrected chi connectivity index (χ1v) is 7.73. The highest BCUT2D eigenvalue weighted by molar-refractivity contribution is 5.84. The molecule has 0 fully saturated rings. The molecular formula is C19H15N3O3. The maximum Gasteiger partial charge on any atom is 0.231 e. The van der Waals surface area contributed by atoms with Crippen molar-refractivity contribution in [3.8, 4) is 23.0 Å². The lowest BCUT2D eigenvalue weighted by Gasteiger charge is -2.05. The molecule has 0 aliphatic carbocycles. The summed E-state index contributed by atoms with van der Waals surface area (Å²) in [6, 6.07) is 11.5. The van der Waals surface area contributed by atoms with Gasteiger partial charge in [0.05, 0.1) is 25.2 Å². The third kappa shape index (κ3) is 3.28. The highest BCUT2D eigenvalue weighted by Crippen LogP contribution is 2.30. The Morgan fingerprint density at radius 3 is 2.64 bits per heavy atom. The first kappa shape index (κ1) is 15.1. The van der Waals surface area contributed by atoms with Gasteiger partial charge < -0.3 is 13.9 Å². The van der Waals surface area contributed by atoms with Crippen LogP contribution in [0.2, 0.25) is 0 Å². The van der Waals surface area contributed by atoms with Gasteiger partial charge in [0.25, 0.3) is 0 Å². The van der Waals surface area contributed by atoms with Gasteiger partial charge in [0.2, 0.25) is 5.88 Å². The minimum atomic E-state index is 0.331. The Labute approximate surface area is 144 Å². The van der Waals surface area contributed by atoms with E-state index in [1.807, 2.05) is 36.4 Å². The molecule has 0 atom stereocenters. The van der Waals surface area contributed by atoms with Crippen LogP contribution >= 0.6 is 0 Å². The van der Waals surface area contributed by atoms with Crippen molar-refractivity contribution in [2.24, 2.45) is 0 Å². The molecule has 124 valence electrons. The van der Waals surface area contributed by atoms with Crippen molar-refractivity contribution in [1.29, 1.82) is 0 Å². The second-order valence-electron chi connectivity index (χ2n) is 5.38. The Morgan fingerprint density at radius 2 is 1.88 bits per heavy atom. The van der Waals surface area contributed by atoms with Gasteiger partial charge in [-0.1, -0.05) is 0 Å². The maximum absolute atomic E-state index is 5.88. The van der Waals surface area contributed by atoms with Crippen LogP contribution < -0.4 is 9.47 Å². The normalized spacial score (nSPS) is 10.8. The molecule has 0 bridgehead atoms. The van der Waals surface area contributed by atoms with Gasteiger partial charge in [-0.25, -0.2) is 4.98 Å². The largest absolute Gasteiger partial charge is 0.487 e. The zero-order chi connectivity index (χ0) is 17.1. The molecule has 4 aromatic rings. The molecule has 0 saturated carbocycles. The standard InChI is InChI=1S/C19H15N3O3/c1-23-19-11-21-15(10-22-19)12-24-16-2-3-17-14(8-16)9-18(25-17)13-4-6-20-7-5-13/h2-11H,12H2,1H3. The number of benzene rings is 1. The van der Waals surface area contributed by atoms with E-state index >= 15 is 0 Å². The van der Waals surface area contributed by atoms with Crippen molar-refractivity contribution < 1.29 is 13.9 Å². The summed E-state index contributed by atoms with van der Waals surface area (Å²) in [5.74, 6) is 2.02. The summed E-state index contributed by atoms with van der Waals surface area (Å²) in [4.78, 5) is 12.4. The molecular weight excluding hydrogens is 318 g/mol. The maximum atomic E-state index is 5.88. The van der Waals surface area contributed by atoms with Gasteiger partial charge in [-0.15, -0.1) is 0 Å². The number of methoxy groups -OCH3 is 1. The van der Waals surface area contributed by atoms with Crippen LogP contribution in [-0.4, -0.2) is 22.1 Å². The number of fused-ring (bicyclic) bond motifs is 1. The Hall–Kier alpha value is -3.41. The van der Waals surface area contributed by atoms with Crippen LogP contribution in [0.4, 0.5) is 0 Å². The quantitative estimate of drug-likeness (QED) is 0.552. The van der Waals surface area contributed by atoms with Gasteiger partial charge in [0.15, 0.2) is 0 Å². The first-order chi connectivity index (χ1) is 12.3. The summed E-state index contributed by atoms with van der Waals surface area (Å²) in [5, 5.41) is 0.977. The molecule has 0 N–H and O–H groups in total. The van der Waals surface area contributed by atoms with E-state index in [1.54, 1.807) is 31.9 Å². The van der Waals surface area contributed by atoms with Crippen LogP contribution in [0.15, 0.2) is 65.6 Å². The van der Waals surface area contributed by atoms with Gasteiger partial charge in [0.1, 0.15) is 23.7 Å². The molecule has 0 spiro atoms. The van der Waals surface area contributed by atoms with Gasteiger partial charge in [-0.05, 0) is 36.4 Å². The SMILES string of the molecule is COc1cnc(COc2ccc3oc(-c4ccncc4)cc3c2)cn1. The van der Waals surface area contributed by atoms with Crippen LogP contribution in [0.5, 0.6) is 11.6 Å². The fraction of sp³-hybridized carbons (Fsp3) is 0.105. The number of aromatic nitrogens is 3. The van der Waals surface area contributed by atoms with Crippen LogP contribution in [0.1, 0.15) is 5.69 Å². The molecule has 3 aromatic heterocycles. The Kier molecular flexibility index (Phi) is 4.00. The summed E-state index contributed by atoms with van der Waals surface area (Å²) < 4.78 is 16.7. The second kappa shape index (κ2) is 6.60. The fourth-order valence-corrected chi connectivity index (χ4v) is 2.45. The Bertz CT molecular complexity index is 982. The zero-order valence-electron chi connectivity index (χ0n) is 13.5. The fourth-order valence-electron chi connectivity index (χ4n) is 2.45. The molecule has 6 heteroatoms. The van der Waals surface area contributed by atoms with Crippen LogP contribution in [0, 0.1) is 0 Å². The lowest BCUT2D eigenvalue weighted by molar-refractivity contribution is 0.300. The van der Waals surface area contributed by atoms with Gasteiger partial charge in [-0.3, -0.25) is 9.97 Å². The van der Waals surface area contributed by atoms with E-state index in [0.29, 0.717) is 12.5 Å². The number of furan rings is 1. The molecule has 25 heavy (non-hydrogen) atoms. The van der Waals surface area contributed by atoms with Crippen LogP contribution in [-0.2, 0) is 6.61 Å². The van der Waals surface area contributed by atoms with Crippen molar-refractivity contribution in [3.63, 3.8) is 0 Å². The summed E-state index contributed by atoms with van der Waals surface area (Å²) >= 11 is 0. The van der Waals surface area contributed by atoms with Gasteiger partial charge in [-0.2, -0.15) is 0 Å². The zero-order valence-corrected chi connectivity index (χ0v) is 13.5. The van der Waals surface area contributed by atoms with E-state index in [9.17, 15) is 0 Å². The molecule has 0 saturated heterocycles. The average Bonchev–Trinajstić information content (AvgIpc) is 3.11. The second-order valence-corrected chi connectivity index (χ2v) is 5.38. The van der Waals surface area contributed by atoms with Crippen molar-refractivity contribution in [2.75, 3.05) is 7.11 Å². The first-order valence-electron chi connectivity index (χ1n) is 7.73. The minimum absolute atomic E-state index is 0.331. The van der Waals surface area contributed by atoms with Crippen LogP contribution in [0.3, 0.4) is 0 Å². The van der Waals surface area contributed by atoms with E-state index in [2.05, 4.69) is 15.0 Å². The van der Waals surface area contributed by atoms with E-state index in [4.69, 9.17) is 13.9 Å². The Morgan fingerprint density at radius 1 is 1.00 bits per heavy atom. The summed E-state index contributed by atoms with van der Waals surface area (Å²) in [6.45, 7) is 0.331. The number of pyridine rings is 1. The number of nitrogens with zero attached hydrogens (tertiary/aromatic N) is 3. The predicted octanol–water partition coefficient (Wildman–Crippen LogP) is 3.87. The van der Waals surface area contributed by atoms with Crippen molar-refractivity contribution in [1.82, 2.24) is 15.0 Å². The van der Waals surface area contributed by atoms with Crippen molar-refractivity contribution in [2.45, 2.75) is 6.61 Å². The smallest absolute Gasteiger partial charge is 0.231 e. The topological polar surface area (TPSA) is 70.3 Å². The van der Waals surface area contributed by atoms with E-state index < -0.39 is 0 Å². The third-order valence-electron chi connectivity index (χ3n) is 3.73. The number of hydrogen-bond donors (Lipinski definition) is 0. The number of hydrogen-bond acceptors (Lipinski definition) is 6. The molecule has 3 heterocycles.